The van der Waals surface area contributed by atoms with E-state index in [1.54, 1.807) is 12.0 Å². The summed E-state index contributed by atoms with van der Waals surface area (Å²) in [6.45, 7) is 2.05. The number of carbonyl (C=O) groups is 2. The van der Waals surface area contributed by atoms with Crippen molar-refractivity contribution >= 4 is 11.8 Å². The van der Waals surface area contributed by atoms with Crippen LogP contribution in [0.5, 0.6) is 0 Å². The molecule has 1 atom stereocenters. The molecule has 0 radical (unpaired) electrons. The molecule has 0 aliphatic carbocycles. The third-order valence-electron chi connectivity index (χ3n) is 4.68. The van der Waals surface area contributed by atoms with Gasteiger partial charge in [-0.15, -0.1) is 0 Å². The Labute approximate surface area is 154 Å². The number of benzene rings is 2. The van der Waals surface area contributed by atoms with Crippen molar-refractivity contribution in [1.29, 1.82) is 0 Å². The summed E-state index contributed by atoms with van der Waals surface area (Å²) < 4.78 is 5.45. The molecule has 1 aliphatic heterocycles. The second kappa shape index (κ2) is 8.63. The van der Waals surface area contributed by atoms with Gasteiger partial charge in [-0.05, 0) is 11.1 Å². The molecule has 1 fully saturated rings. The molecule has 2 aromatic carbocycles. The van der Waals surface area contributed by atoms with E-state index >= 15 is 0 Å². The molecule has 1 heterocycles. The molecule has 0 N–H and O–H groups in total. The van der Waals surface area contributed by atoms with Gasteiger partial charge in [0.25, 0.3) is 5.91 Å². The summed E-state index contributed by atoms with van der Waals surface area (Å²) in [6, 6.07) is 19.4. The van der Waals surface area contributed by atoms with Crippen LogP contribution in [0.1, 0.15) is 23.7 Å². The van der Waals surface area contributed by atoms with E-state index in [1.165, 1.54) is 0 Å². The highest BCUT2D eigenvalue weighted by Crippen LogP contribution is 2.20. The van der Waals surface area contributed by atoms with Crippen LogP contribution in [-0.4, -0.2) is 48.4 Å². The Morgan fingerprint density at radius 1 is 1.00 bits per heavy atom. The average molecular weight is 352 g/mol. The van der Waals surface area contributed by atoms with E-state index in [0.29, 0.717) is 32.6 Å². The molecule has 26 heavy (non-hydrogen) atoms. The van der Waals surface area contributed by atoms with Gasteiger partial charge < -0.3 is 14.5 Å². The van der Waals surface area contributed by atoms with Crippen LogP contribution in [0.25, 0.3) is 0 Å². The Morgan fingerprint density at radius 3 is 2.31 bits per heavy atom. The second-order valence-electron chi connectivity index (χ2n) is 6.40. The molecule has 5 heteroatoms. The normalized spacial score (nSPS) is 16.3. The number of hydrogen-bond donors (Lipinski definition) is 0. The zero-order valence-electron chi connectivity index (χ0n) is 15.0. The Hall–Kier alpha value is -2.66. The van der Waals surface area contributed by atoms with E-state index in [1.807, 2.05) is 65.6 Å². The van der Waals surface area contributed by atoms with Gasteiger partial charge in [-0.1, -0.05) is 60.7 Å². The van der Waals surface area contributed by atoms with Gasteiger partial charge in [-0.2, -0.15) is 0 Å². The van der Waals surface area contributed by atoms with E-state index in [-0.39, 0.29) is 11.8 Å². The minimum absolute atomic E-state index is 0.0813. The monoisotopic (exact) mass is 352 g/mol. The third-order valence-corrected chi connectivity index (χ3v) is 4.68. The highest BCUT2D eigenvalue weighted by molar-refractivity contribution is 5.84. The van der Waals surface area contributed by atoms with Gasteiger partial charge in [-0.25, -0.2) is 0 Å². The first-order valence-corrected chi connectivity index (χ1v) is 8.87. The molecule has 2 aromatic rings. The summed E-state index contributed by atoms with van der Waals surface area (Å²) in [4.78, 5) is 28.9. The predicted octanol–water partition coefficient (Wildman–Crippen LogP) is 2.64. The summed E-state index contributed by atoms with van der Waals surface area (Å²) in [7, 11) is 1.54. The van der Waals surface area contributed by atoms with Crippen LogP contribution in [0.15, 0.2) is 60.7 Å². The Bertz CT molecular complexity index is 733. The molecule has 1 unspecified atom stereocenters. The third kappa shape index (κ3) is 4.29. The summed E-state index contributed by atoms with van der Waals surface area (Å²) in [5.41, 5.74) is 1.93. The molecule has 0 bridgehead atoms. The van der Waals surface area contributed by atoms with Crippen molar-refractivity contribution in [2.45, 2.75) is 19.1 Å². The standard InChI is InChI=1S/C21H24N2O3/c1-26-20(18-10-6-3-7-11-18)21(25)22-13-12-19(24)23(15-14-22)16-17-8-4-2-5-9-17/h2-11,20H,12-16H2,1H3. The van der Waals surface area contributed by atoms with E-state index in [0.717, 1.165) is 11.1 Å². The number of rotatable bonds is 5. The molecular weight excluding hydrogens is 328 g/mol. The van der Waals surface area contributed by atoms with Crippen LogP contribution < -0.4 is 0 Å². The molecule has 5 nitrogen and oxygen atoms in total. The minimum atomic E-state index is -0.632. The summed E-state index contributed by atoms with van der Waals surface area (Å²) in [5, 5.41) is 0. The smallest absolute Gasteiger partial charge is 0.256 e. The minimum Gasteiger partial charge on any atom is -0.367 e. The number of carbonyl (C=O) groups excluding carboxylic acids is 2. The van der Waals surface area contributed by atoms with Gasteiger partial charge in [0.1, 0.15) is 0 Å². The molecule has 3 rings (SSSR count). The lowest BCUT2D eigenvalue weighted by molar-refractivity contribution is -0.142. The number of methoxy groups -OCH3 is 1. The van der Waals surface area contributed by atoms with Gasteiger partial charge in [0.05, 0.1) is 0 Å². The summed E-state index contributed by atoms with van der Waals surface area (Å²) in [5.74, 6) is -0.00843. The maximum absolute atomic E-state index is 12.9. The quantitative estimate of drug-likeness (QED) is 0.831. The van der Waals surface area contributed by atoms with Crippen LogP contribution in [-0.2, 0) is 20.9 Å². The van der Waals surface area contributed by atoms with Gasteiger partial charge >= 0.3 is 0 Å². The lowest BCUT2D eigenvalue weighted by Gasteiger charge is -2.26. The first kappa shape index (κ1) is 18.1. The Balaban J connectivity index is 1.67. The maximum atomic E-state index is 12.9. The topological polar surface area (TPSA) is 49.9 Å². The van der Waals surface area contributed by atoms with Crippen LogP contribution in [0.4, 0.5) is 0 Å². The zero-order valence-corrected chi connectivity index (χ0v) is 15.0. The highest BCUT2D eigenvalue weighted by Gasteiger charge is 2.29. The molecule has 0 spiro atoms. The second-order valence-corrected chi connectivity index (χ2v) is 6.40. The largest absolute Gasteiger partial charge is 0.367 e. The predicted molar refractivity (Wildman–Crippen MR) is 99.2 cm³/mol. The summed E-state index contributed by atoms with van der Waals surface area (Å²) in [6.07, 6.45) is -0.295. The maximum Gasteiger partial charge on any atom is 0.256 e. The molecule has 1 saturated heterocycles. The lowest BCUT2D eigenvalue weighted by atomic mass is 10.1. The van der Waals surface area contributed by atoms with E-state index < -0.39 is 6.10 Å². The van der Waals surface area contributed by atoms with Crippen LogP contribution in [0.2, 0.25) is 0 Å². The lowest BCUT2D eigenvalue weighted by Crippen LogP contribution is -2.38. The van der Waals surface area contributed by atoms with Crippen LogP contribution in [0.3, 0.4) is 0 Å². The van der Waals surface area contributed by atoms with Crippen molar-refractivity contribution in [2.75, 3.05) is 26.7 Å². The molecular formula is C21H24N2O3. The fraction of sp³-hybridized carbons (Fsp3) is 0.333. The summed E-state index contributed by atoms with van der Waals surface area (Å²) >= 11 is 0. The number of ether oxygens (including phenoxy) is 1. The number of nitrogens with zero attached hydrogens (tertiary/aromatic N) is 2. The van der Waals surface area contributed by atoms with Crippen molar-refractivity contribution in [3.8, 4) is 0 Å². The van der Waals surface area contributed by atoms with E-state index in [4.69, 9.17) is 4.74 Å². The van der Waals surface area contributed by atoms with Crippen molar-refractivity contribution in [3.05, 3.63) is 71.8 Å². The fourth-order valence-corrected chi connectivity index (χ4v) is 3.23. The van der Waals surface area contributed by atoms with Gasteiger partial charge in [-0.3, -0.25) is 9.59 Å². The first-order valence-electron chi connectivity index (χ1n) is 8.87. The molecule has 2 amide bonds. The molecule has 1 aliphatic rings. The zero-order chi connectivity index (χ0) is 18.4. The molecule has 0 saturated carbocycles. The fourth-order valence-electron chi connectivity index (χ4n) is 3.23. The Kier molecular flexibility index (Phi) is 6.02. The highest BCUT2D eigenvalue weighted by atomic mass is 16.5. The number of hydrogen-bond acceptors (Lipinski definition) is 3. The van der Waals surface area contributed by atoms with Crippen LogP contribution in [0, 0.1) is 0 Å². The average Bonchev–Trinajstić information content (AvgIpc) is 2.86. The van der Waals surface area contributed by atoms with Crippen molar-refractivity contribution in [1.82, 2.24) is 9.80 Å². The first-order chi connectivity index (χ1) is 12.7. The van der Waals surface area contributed by atoms with Gasteiger partial charge in [0, 0.05) is 39.7 Å². The molecule has 136 valence electrons. The molecule has 0 aromatic heterocycles. The van der Waals surface area contributed by atoms with Crippen molar-refractivity contribution < 1.29 is 14.3 Å². The van der Waals surface area contributed by atoms with E-state index in [9.17, 15) is 9.59 Å². The van der Waals surface area contributed by atoms with E-state index in [2.05, 4.69) is 0 Å². The van der Waals surface area contributed by atoms with Gasteiger partial charge in [0.2, 0.25) is 5.91 Å². The van der Waals surface area contributed by atoms with Crippen molar-refractivity contribution in [3.63, 3.8) is 0 Å². The Morgan fingerprint density at radius 2 is 1.65 bits per heavy atom. The SMILES string of the molecule is COC(C(=O)N1CCC(=O)N(Cc2ccccc2)CC1)c1ccccc1. The van der Waals surface area contributed by atoms with Crippen LogP contribution >= 0.6 is 0 Å². The number of amides is 2. The van der Waals surface area contributed by atoms with Gasteiger partial charge in [0.15, 0.2) is 6.10 Å². The van der Waals surface area contributed by atoms with Crippen molar-refractivity contribution in [2.24, 2.45) is 0 Å².